The van der Waals surface area contributed by atoms with Gasteiger partial charge < -0.3 is 19.9 Å². The highest BCUT2D eigenvalue weighted by Gasteiger charge is 2.23. The van der Waals surface area contributed by atoms with E-state index in [1.807, 2.05) is 6.92 Å². The second-order valence-corrected chi connectivity index (χ2v) is 7.74. The molecule has 0 saturated carbocycles. The molecule has 11 heteroatoms. The molecule has 0 radical (unpaired) electrons. The number of rotatable bonds is 7. The number of guanidine groups is 1. The number of halogens is 1. The Balaban J connectivity index is 0.00000625. The van der Waals surface area contributed by atoms with Crippen molar-refractivity contribution in [2.24, 2.45) is 4.99 Å². The Morgan fingerprint density at radius 3 is 2.23 bits per heavy atom. The van der Waals surface area contributed by atoms with Gasteiger partial charge in [0.05, 0.1) is 12.9 Å². The largest absolute Gasteiger partial charge is 0.450 e. The van der Waals surface area contributed by atoms with Gasteiger partial charge in [0.1, 0.15) is 0 Å². The maximum Gasteiger partial charge on any atom is 0.409 e. The molecule has 1 N–H and O–H groups in total. The van der Waals surface area contributed by atoms with Crippen LogP contribution in [0.5, 0.6) is 0 Å². The Kier molecular flexibility index (Phi) is 12.2. The molecule has 0 unspecified atom stereocenters. The van der Waals surface area contributed by atoms with Gasteiger partial charge in [-0.05, 0) is 13.3 Å². The van der Waals surface area contributed by atoms with Crippen molar-refractivity contribution in [1.82, 2.24) is 19.4 Å². The van der Waals surface area contributed by atoms with E-state index in [0.717, 1.165) is 5.96 Å². The third-order valence-corrected chi connectivity index (χ3v) is 5.38. The first-order chi connectivity index (χ1) is 11.8. The normalized spacial score (nSPS) is 15.7. The van der Waals surface area contributed by atoms with Gasteiger partial charge in [-0.15, -0.1) is 24.0 Å². The molecule has 26 heavy (non-hydrogen) atoms. The van der Waals surface area contributed by atoms with Crippen LogP contribution >= 0.6 is 24.0 Å². The molecule has 0 aliphatic carbocycles. The lowest BCUT2D eigenvalue weighted by Gasteiger charge is -2.35. The van der Waals surface area contributed by atoms with E-state index in [1.165, 1.54) is 10.6 Å². The first-order valence-corrected chi connectivity index (χ1v) is 10.5. The van der Waals surface area contributed by atoms with Crippen molar-refractivity contribution in [1.29, 1.82) is 0 Å². The van der Waals surface area contributed by atoms with Crippen molar-refractivity contribution in [3.63, 3.8) is 0 Å². The third-order valence-electron chi connectivity index (χ3n) is 4.01. The van der Waals surface area contributed by atoms with Gasteiger partial charge in [0.2, 0.25) is 10.0 Å². The average molecular weight is 505 g/mol. The van der Waals surface area contributed by atoms with E-state index in [2.05, 4.69) is 15.2 Å². The molecule has 1 rings (SSSR count). The molecular weight excluding hydrogens is 473 g/mol. The number of carbonyl (C=O) groups is 1. The molecule has 154 valence electrons. The van der Waals surface area contributed by atoms with E-state index in [9.17, 15) is 13.2 Å². The van der Waals surface area contributed by atoms with Gasteiger partial charge in [-0.1, -0.05) is 6.92 Å². The zero-order valence-electron chi connectivity index (χ0n) is 16.1. The molecule has 1 saturated heterocycles. The minimum atomic E-state index is -3.15. The molecule has 1 fully saturated rings. The van der Waals surface area contributed by atoms with Crippen LogP contribution < -0.4 is 5.32 Å². The molecule has 0 aromatic carbocycles. The maximum atomic E-state index is 11.7. The van der Waals surface area contributed by atoms with Crippen LogP contribution in [-0.4, -0.2) is 100 Å². The molecule has 0 aromatic heterocycles. The fourth-order valence-corrected chi connectivity index (χ4v) is 3.59. The summed E-state index contributed by atoms with van der Waals surface area (Å²) in [6.07, 6.45) is 1.65. The highest BCUT2D eigenvalue weighted by atomic mass is 127. The molecule has 1 aliphatic rings. The van der Waals surface area contributed by atoms with Gasteiger partial charge in [0.25, 0.3) is 0 Å². The van der Waals surface area contributed by atoms with Crippen LogP contribution in [0.1, 0.15) is 20.3 Å². The van der Waals surface area contributed by atoms with Crippen LogP contribution in [0.25, 0.3) is 0 Å². The molecule has 1 amide bonds. The van der Waals surface area contributed by atoms with Crippen molar-refractivity contribution in [3.8, 4) is 0 Å². The van der Waals surface area contributed by atoms with Crippen LogP contribution in [0.2, 0.25) is 0 Å². The van der Waals surface area contributed by atoms with Gasteiger partial charge in [0.15, 0.2) is 5.96 Å². The molecule has 1 aliphatic heterocycles. The van der Waals surface area contributed by atoms with Crippen LogP contribution in [0.15, 0.2) is 4.99 Å². The molecule has 9 nitrogen and oxygen atoms in total. The van der Waals surface area contributed by atoms with Gasteiger partial charge >= 0.3 is 6.09 Å². The lowest BCUT2D eigenvalue weighted by molar-refractivity contribution is 0.0914. The fraction of sp³-hybridized carbons (Fsp3) is 0.867. The number of hydrogen-bond donors (Lipinski definition) is 1. The summed E-state index contributed by atoms with van der Waals surface area (Å²) in [6, 6.07) is 0. The van der Waals surface area contributed by atoms with Gasteiger partial charge in [-0.2, -0.15) is 0 Å². The lowest BCUT2D eigenvalue weighted by atomic mass is 10.3. The van der Waals surface area contributed by atoms with Gasteiger partial charge in [-0.25, -0.2) is 17.5 Å². The summed E-state index contributed by atoms with van der Waals surface area (Å²) < 4.78 is 29.6. The number of nitrogens with zero attached hydrogens (tertiary/aromatic N) is 4. The smallest absolute Gasteiger partial charge is 0.409 e. The highest BCUT2D eigenvalue weighted by molar-refractivity contribution is 14.0. The van der Waals surface area contributed by atoms with Crippen LogP contribution in [0.4, 0.5) is 4.79 Å². The summed E-state index contributed by atoms with van der Waals surface area (Å²) >= 11 is 0. The minimum absolute atomic E-state index is 0. The first kappa shape index (κ1) is 25.2. The molecule has 1 heterocycles. The number of nitrogens with one attached hydrogen (secondary N) is 1. The molecular formula is C15H32IN5O4S. The lowest BCUT2D eigenvalue weighted by Crippen LogP contribution is -2.54. The minimum Gasteiger partial charge on any atom is -0.450 e. The Morgan fingerprint density at radius 1 is 1.19 bits per heavy atom. The number of ether oxygens (including phenoxy) is 1. The van der Waals surface area contributed by atoms with E-state index >= 15 is 0 Å². The zero-order valence-corrected chi connectivity index (χ0v) is 19.2. The Labute approximate surface area is 174 Å². The van der Waals surface area contributed by atoms with Crippen molar-refractivity contribution in [3.05, 3.63) is 0 Å². The number of sulfonamides is 1. The number of aliphatic imine (C=N–C) groups is 1. The van der Waals surface area contributed by atoms with Crippen molar-refractivity contribution in [2.45, 2.75) is 20.3 Å². The summed E-state index contributed by atoms with van der Waals surface area (Å²) in [4.78, 5) is 19.8. The second-order valence-electron chi connectivity index (χ2n) is 5.76. The standard InChI is InChI=1S/C15H31N5O4S.HI/c1-5-20(25(4,22)23)9-7-8-17-14(16-3)18-10-12-19(13-11-18)15(21)24-6-2;/h5-13H2,1-4H3,(H,16,17);1H. The number of carbonyl (C=O) groups excluding carboxylic acids is 1. The SMILES string of the molecule is CCOC(=O)N1CCN(C(=NC)NCCCN(CC)S(C)(=O)=O)CC1.I. The molecule has 0 aromatic rings. The number of piperazine rings is 1. The topological polar surface area (TPSA) is 94.6 Å². The van der Waals surface area contributed by atoms with E-state index in [4.69, 9.17) is 4.74 Å². The van der Waals surface area contributed by atoms with Crippen molar-refractivity contribution < 1.29 is 17.9 Å². The average Bonchev–Trinajstić information content (AvgIpc) is 2.57. The van der Waals surface area contributed by atoms with Crippen molar-refractivity contribution >= 4 is 46.1 Å². The quantitative estimate of drug-likeness (QED) is 0.236. The highest BCUT2D eigenvalue weighted by Crippen LogP contribution is 2.04. The fourth-order valence-electron chi connectivity index (χ4n) is 2.66. The predicted octanol–water partition coefficient (Wildman–Crippen LogP) is 0.626. The summed E-state index contributed by atoms with van der Waals surface area (Å²) in [6.45, 7) is 8.15. The summed E-state index contributed by atoms with van der Waals surface area (Å²) in [5, 5.41) is 3.26. The second kappa shape index (κ2) is 12.5. The van der Waals surface area contributed by atoms with E-state index in [-0.39, 0.29) is 30.1 Å². The maximum absolute atomic E-state index is 11.7. The first-order valence-electron chi connectivity index (χ1n) is 8.65. The summed E-state index contributed by atoms with van der Waals surface area (Å²) in [7, 11) is -1.43. The Morgan fingerprint density at radius 2 is 1.77 bits per heavy atom. The molecule has 0 bridgehead atoms. The third kappa shape index (κ3) is 8.25. The number of amides is 1. The van der Waals surface area contributed by atoms with Crippen LogP contribution in [-0.2, 0) is 14.8 Å². The van der Waals surface area contributed by atoms with E-state index < -0.39 is 10.0 Å². The predicted molar refractivity (Wildman–Crippen MR) is 114 cm³/mol. The molecule has 0 atom stereocenters. The molecule has 0 spiro atoms. The van der Waals surface area contributed by atoms with E-state index in [0.29, 0.717) is 58.8 Å². The van der Waals surface area contributed by atoms with Crippen molar-refractivity contribution in [2.75, 3.05) is 65.7 Å². The summed E-state index contributed by atoms with van der Waals surface area (Å²) in [5.41, 5.74) is 0. The summed E-state index contributed by atoms with van der Waals surface area (Å²) in [5.74, 6) is 0.769. The van der Waals surface area contributed by atoms with Gasteiger partial charge in [-0.3, -0.25) is 4.99 Å². The van der Waals surface area contributed by atoms with Crippen LogP contribution in [0, 0.1) is 0 Å². The number of hydrogen-bond acceptors (Lipinski definition) is 5. The Hall–Kier alpha value is -0.820. The zero-order chi connectivity index (χ0) is 18.9. The van der Waals surface area contributed by atoms with Gasteiger partial charge in [0, 0.05) is 52.9 Å². The van der Waals surface area contributed by atoms with Crippen LogP contribution in [0.3, 0.4) is 0 Å². The van der Waals surface area contributed by atoms with E-state index in [1.54, 1.807) is 18.9 Å². The monoisotopic (exact) mass is 505 g/mol. The Bertz CT molecular complexity index is 550.